The zero-order chi connectivity index (χ0) is 14.5. The smallest absolute Gasteiger partial charge is 0.320 e. The Hall–Kier alpha value is -1.62. The Balaban J connectivity index is 2.46. The number of hydrogen-bond acceptors (Lipinski definition) is 3. The first-order valence-corrected chi connectivity index (χ1v) is 6.47. The summed E-state index contributed by atoms with van der Waals surface area (Å²) in [6.07, 6.45) is 1.14. The molecular weight excluding hydrogens is 242 g/mol. The second kappa shape index (κ2) is 6.52. The van der Waals surface area contributed by atoms with Gasteiger partial charge < -0.3 is 10.4 Å². The number of hydrogen-bond donors (Lipinski definition) is 3. The third-order valence-electron chi connectivity index (χ3n) is 3.04. The number of rotatable bonds is 5. The van der Waals surface area contributed by atoms with E-state index in [4.69, 9.17) is 0 Å². The van der Waals surface area contributed by atoms with E-state index in [0.29, 0.717) is 12.4 Å². The molecule has 1 atom stereocenters. The highest BCUT2D eigenvalue weighted by Gasteiger charge is 2.30. The van der Waals surface area contributed by atoms with Gasteiger partial charge in [-0.25, -0.2) is 9.78 Å². The number of nitrogens with zero attached hydrogens (tertiary/aromatic N) is 1. The molecule has 0 saturated heterocycles. The van der Waals surface area contributed by atoms with Gasteiger partial charge in [0.2, 0.25) is 0 Å². The number of aromatic nitrogens is 1. The molecule has 0 aliphatic carbocycles. The molecule has 106 valence electrons. The molecule has 0 aliphatic rings. The third kappa shape index (κ3) is 4.87. The Labute approximate surface area is 114 Å². The summed E-state index contributed by atoms with van der Waals surface area (Å²) in [6, 6.07) is 4.98. The van der Waals surface area contributed by atoms with Gasteiger partial charge in [-0.3, -0.25) is 5.32 Å². The topological polar surface area (TPSA) is 74.2 Å². The number of amides is 2. The van der Waals surface area contributed by atoms with E-state index in [1.54, 1.807) is 24.4 Å². The SMILES string of the molecule is CC(C)C(O)C(C)(C)CNC(=O)Nc1ccccn1. The summed E-state index contributed by atoms with van der Waals surface area (Å²) in [6.45, 7) is 8.17. The fourth-order valence-electron chi connectivity index (χ4n) is 1.91. The lowest BCUT2D eigenvalue weighted by Crippen LogP contribution is -2.44. The molecule has 19 heavy (non-hydrogen) atoms. The quantitative estimate of drug-likeness (QED) is 0.764. The summed E-state index contributed by atoms with van der Waals surface area (Å²) in [4.78, 5) is 15.7. The summed E-state index contributed by atoms with van der Waals surface area (Å²) in [7, 11) is 0. The van der Waals surface area contributed by atoms with Crippen molar-refractivity contribution < 1.29 is 9.90 Å². The van der Waals surface area contributed by atoms with E-state index in [1.807, 2.05) is 27.7 Å². The van der Waals surface area contributed by atoms with Crippen LogP contribution in [0, 0.1) is 11.3 Å². The van der Waals surface area contributed by atoms with Crippen molar-refractivity contribution in [3.8, 4) is 0 Å². The van der Waals surface area contributed by atoms with Crippen LogP contribution in [0.5, 0.6) is 0 Å². The van der Waals surface area contributed by atoms with Gasteiger partial charge >= 0.3 is 6.03 Å². The van der Waals surface area contributed by atoms with Gasteiger partial charge in [0.1, 0.15) is 5.82 Å². The monoisotopic (exact) mass is 265 g/mol. The van der Waals surface area contributed by atoms with Gasteiger partial charge in [0.05, 0.1) is 6.10 Å². The Morgan fingerprint density at radius 3 is 2.63 bits per heavy atom. The number of aliphatic hydroxyl groups excluding tert-OH is 1. The van der Waals surface area contributed by atoms with Crippen molar-refractivity contribution >= 4 is 11.8 Å². The molecule has 5 nitrogen and oxygen atoms in total. The van der Waals surface area contributed by atoms with Gasteiger partial charge in [-0.15, -0.1) is 0 Å². The average Bonchev–Trinajstić information content (AvgIpc) is 2.36. The minimum absolute atomic E-state index is 0.149. The van der Waals surface area contributed by atoms with Crippen molar-refractivity contribution in [2.75, 3.05) is 11.9 Å². The standard InChI is InChI=1S/C14H23N3O2/c1-10(2)12(18)14(3,4)9-16-13(19)17-11-7-5-6-8-15-11/h5-8,10,12,18H,9H2,1-4H3,(H2,15,16,17,19). The van der Waals surface area contributed by atoms with Crippen LogP contribution in [0.1, 0.15) is 27.7 Å². The minimum atomic E-state index is -0.470. The Morgan fingerprint density at radius 1 is 1.42 bits per heavy atom. The van der Waals surface area contributed by atoms with E-state index in [0.717, 1.165) is 0 Å². The Kier molecular flexibility index (Phi) is 5.30. The normalized spacial score (nSPS) is 13.2. The van der Waals surface area contributed by atoms with Crippen molar-refractivity contribution in [2.45, 2.75) is 33.8 Å². The van der Waals surface area contributed by atoms with Crippen LogP contribution in [0.15, 0.2) is 24.4 Å². The first kappa shape index (κ1) is 15.4. The largest absolute Gasteiger partial charge is 0.392 e. The van der Waals surface area contributed by atoms with Crippen LogP contribution in [0.3, 0.4) is 0 Å². The summed E-state index contributed by atoms with van der Waals surface area (Å²) in [5.41, 5.74) is -0.379. The van der Waals surface area contributed by atoms with Crippen LogP contribution in [0.2, 0.25) is 0 Å². The van der Waals surface area contributed by atoms with E-state index in [9.17, 15) is 9.90 Å². The zero-order valence-electron chi connectivity index (χ0n) is 12.0. The fraction of sp³-hybridized carbons (Fsp3) is 0.571. The van der Waals surface area contributed by atoms with Gasteiger partial charge in [-0.2, -0.15) is 0 Å². The number of carbonyl (C=O) groups excluding carboxylic acids is 1. The maximum atomic E-state index is 11.7. The molecule has 0 aromatic carbocycles. The first-order valence-electron chi connectivity index (χ1n) is 6.47. The second-order valence-electron chi connectivity index (χ2n) is 5.70. The van der Waals surface area contributed by atoms with Crippen LogP contribution >= 0.6 is 0 Å². The van der Waals surface area contributed by atoms with E-state index >= 15 is 0 Å². The third-order valence-corrected chi connectivity index (χ3v) is 3.04. The number of aliphatic hydroxyl groups is 1. The molecular formula is C14H23N3O2. The fourth-order valence-corrected chi connectivity index (χ4v) is 1.91. The molecule has 1 rings (SSSR count). The van der Waals surface area contributed by atoms with Crippen molar-refractivity contribution in [3.63, 3.8) is 0 Å². The zero-order valence-corrected chi connectivity index (χ0v) is 12.0. The van der Waals surface area contributed by atoms with Crippen molar-refractivity contribution in [1.82, 2.24) is 10.3 Å². The number of urea groups is 1. The predicted molar refractivity (Wildman–Crippen MR) is 75.9 cm³/mol. The first-order chi connectivity index (χ1) is 8.83. The molecule has 0 aliphatic heterocycles. The molecule has 1 aromatic rings. The maximum Gasteiger partial charge on any atom is 0.320 e. The lowest BCUT2D eigenvalue weighted by Gasteiger charge is -2.33. The second-order valence-corrected chi connectivity index (χ2v) is 5.70. The molecule has 1 aromatic heterocycles. The van der Waals surface area contributed by atoms with Gasteiger partial charge in [0.15, 0.2) is 0 Å². The van der Waals surface area contributed by atoms with Crippen LogP contribution in [0.4, 0.5) is 10.6 Å². The van der Waals surface area contributed by atoms with Gasteiger partial charge in [0.25, 0.3) is 0 Å². The Morgan fingerprint density at radius 2 is 2.11 bits per heavy atom. The Bertz CT molecular complexity index is 404. The van der Waals surface area contributed by atoms with Crippen LogP contribution in [-0.2, 0) is 0 Å². The molecule has 5 heteroatoms. The molecule has 2 amide bonds. The average molecular weight is 265 g/mol. The number of nitrogens with one attached hydrogen (secondary N) is 2. The molecule has 1 unspecified atom stereocenters. The lowest BCUT2D eigenvalue weighted by atomic mass is 9.81. The number of anilines is 1. The highest BCUT2D eigenvalue weighted by molar-refractivity contribution is 5.88. The summed E-state index contributed by atoms with van der Waals surface area (Å²) in [5.74, 6) is 0.651. The maximum absolute atomic E-state index is 11.7. The van der Waals surface area contributed by atoms with E-state index in [2.05, 4.69) is 15.6 Å². The molecule has 0 bridgehead atoms. The molecule has 0 radical (unpaired) electrons. The van der Waals surface area contributed by atoms with Crippen LogP contribution in [-0.4, -0.2) is 28.8 Å². The van der Waals surface area contributed by atoms with Crippen molar-refractivity contribution in [1.29, 1.82) is 0 Å². The van der Waals surface area contributed by atoms with Crippen molar-refractivity contribution in [3.05, 3.63) is 24.4 Å². The van der Waals surface area contributed by atoms with Crippen LogP contribution < -0.4 is 10.6 Å². The number of carbonyl (C=O) groups is 1. The molecule has 0 saturated carbocycles. The molecule has 0 fully saturated rings. The van der Waals surface area contributed by atoms with Gasteiger partial charge in [-0.1, -0.05) is 33.8 Å². The van der Waals surface area contributed by atoms with E-state index in [1.165, 1.54) is 0 Å². The minimum Gasteiger partial charge on any atom is -0.392 e. The van der Waals surface area contributed by atoms with Crippen molar-refractivity contribution in [2.24, 2.45) is 11.3 Å². The van der Waals surface area contributed by atoms with E-state index in [-0.39, 0.29) is 17.4 Å². The lowest BCUT2D eigenvalue weighted by molar-refractivity contribution is 0.0154. The summed E-state index contributed by atoms with van der Waals surface area (Å²) >= 11 is 0. The highest BCUT2D eigenvalue weighted by atomic mass is 16.3. The number of pyridine rings is 1. The highest BCUT2D eigenvalue weighted by Crippen LogP contribution is 2.25. The van der Waals surface area contributed by atoms with E-state index < -0.39 is 6.10 Å². The van der Waals surface area contributed by atoms with Gasteiger partial charge in [-0.05, 0) is 18.1 Å². The summed E-state index contributed by atoms with van der Waals surface area (Å²) in [5, 5.41) is 15.5. The predicted octanol–water partition coefficient (Wildman–Crippen LogP) is 2.25. The van der Waals surface area contributed by atoms with Crippen LogP contribution in [0.25, 0.3) is 0 Å². The molecule has 0 spiro atoms. The molecule has 1 heterocycles. The molecule has 3 N–H and O–H groups in total. The van der Waals surface area contributed by atoms with Gasteiger partial charge in [0, 0.05) is 18.2 Å². The summed E-state index contributed by atoms with van der Waals surface area (Å²) < 4.78 is 0.